The number of benzene rings is 1. The van der Waals surface area contributed by atoms with E-state index < -0.39 is 10.0 Å². The summed E-state index contributed by atoms with van der Waals surface area (Å²) in [5.41, 5.74) is 0.921. The number of nitrogens with two attached hydrogens (primary N) is 1. The Morgan fingerprint density at radius 3 is 2.74 bits per heavy atom. The molecule has 0 saturated heterocycles. The van der Waals surface area contributed by atoms with Crippen LogP contribution in [0.2, 0.25) is 0 Å². The fraction of sp³-hybridized carbons (Fsp3) is 0.182. The molecule has 19 heavy (non-hydrogen) atoms. The van der Waals surface area contributed by atoms with Crippen molar-refractivity contribution in [2.45, 2.75) is 11.5 Å². The predicted octanol–water partition coefficient (Wildman–Crippen LogP) is 1.41. The van der Waals surface area contributed by atoms with E-state index in [9.17, 15) is 8.42 Å². The van der Waals surface area contributed by atoms with Gasteiger partial charge in [-0.25, -0.2) is 13.6 Å². The lowest BCUT2D eigenvalue weighted by molar-refractivity contribution is 0.304. The highest BCUT2D eigenvalue weighted by atomic mass is 79.9. The Hall–Kier alpha value is -1.38. The highest BCUT2D eigenvalue weighted by Gasteiger charge is 2.11. The number of sulfonamides is 1. The van der Waals surface area contributed by atoms with Crippen LogP contribution in [0.1, 0.15) is 5.56 Å². The maximum Gasteiger partial charge on any atom is 0.238 e. The molecule has 1 aromatic carbocycles. The first-order valence-corrected chi connectivity index (χ1v) is 7.63. The van der Waals surface area contributed by atoms with E-state index in [2.05, 4.69) is 21.0 Å². The number of aromatic nitrogens is 2. The van der Waals surface area contributed by atoms with Crippen LogP contribution in [0.15, 0.2) is 40.0 Å². The van der Waals surface area contributed by atoms with Gasteiger partial charge in [-0.1, -0.05) is 0 Å². The van der Waals surface area contributed by atoms with Gasteiger partial charge in [0.05, 0.1) is 15.6 Å². The van der Waals surface area contributed by atoms with Crippen molar-refractivity contribution in [3.63, 3.8) is 0 Å². The molecule has 2 rings (SSSR count). The summed E-state index contributed by atoms with van der Waals surface area (Å²) in [5, 5.41) is 9.07. The van der Waals surface area contributed by atoms with E-state index in [4.69, 9.17) is 9.88 Å². The van der Waals surface area contributed by atoms with E-state index in [1.165, 1.54) is 12.1 Å². The lowest BCUT2D eigenvalue weighted by Crippen LogP contribution is -2.12. The van der Waals surface area contributed by atoms with Crippen LogP contribution in [0.25, 0.3) is 0 Å². The van der Waals surface area contributed by atoms with E-state index in [0.717, 1.165) is 5.56 Å². The third-order valence-electron chi connectivity index (χ3n) is 2.38. The number of hydrogen-bond acceptors (Lipinski definition) is 4. The molecule has 0 atom stereocenters. The topological polar surface area (TPSA) is 87.2 Å². The lowest BCUT2D eigenvalue weighted by atomic mass is 10.3. The summed E-state index contributed by atoms with van der Waals surface area (Å²) >= 11 is 3.25. The molecule has 0 saturated carbocycles. The smallest absolute Gasteiger partial charge is 0.238 e. The molecule has 2 aromatic rings. The summed E-state index contributed by atoms with van der Waals surface area (Å²) in [4.78, 5) is 0.0353. The summed E-state index contributed by atoms with van der Waals surface area (Å²) in [6.45, 7) is 0.348. The Labute approximate surface area is 119 Å². The molecular formula is C11H12BrN3O3S. The van der Waals surface area contributed by atoms with Crippen molar-refractivity contribution in [2.75, 3.05) is 0 Å². The van der Waals surface area contributed by atoms with Crippen LogP contribution in [0.4, 0.5) is 0 Å². The molecule has 0 amide bonds. The van der Waals surface area contributed by atoms with Crippen LogP contribution < -0.4 is 9.88 Å². The average molecular weight is 346 g/mol. The first-order valence-electron chi connectivity index (χ1n) is 5.29. The third-order valence-corrected chi connectivity index (χ3v) is 3.92. The Bertz CT molecular complexity index is 697. The van der Waals surface area contributed by atoms with Gasteiger partial charge in [-0.05, 0) is 34.1 Å². The molecule has 0 aliphatic heterocycles. The number of rotatable bonds is 4. The standard InChI is InChI=1S/C11H12BrN3O3S/c1-15-6-8(5-14-15)7-18-11-3-2-9(4-10(11)12)19(13,16)17/h2-6H,7H2,1H3,(H2,13,16,17). The van der Waals surface area contributed by atoms with Crippen LogP contribution in [0.5, 0.6) is 5.75 Å². The molecular weight excluding hydrogens is 334 g/mol. The molecule has 1 aromatic heterocycles. The minimum atomic E-state index is -3.70. The maximum absolute atomic E-state index is 11.2. The van der Waals surface area contributed by atoms with Crippen LogP contribution in [-0.2, 0) is 23.7 Å². The summed E-state index contributed by atoms with van der Waals surface area (Å²) < 4.78 is 30.1. The highest BCUT2D eigenvalue weighted by molar-refractivity contribution is 9.10. The molecule has 0 fully saturated rings. The molecule has 0 spiro atoms. The maximum atomic E-state index is 11.2. The molecule has 102 valence electrons. The second-order valence-electron chi connectivity index (χ2n) is 3.95. The predicted molar refractivity (Wildman–Crippen MR) is 73.1 cm³/mol. The number of halogens is 1. The van der Waals surface area contributed by atoms with Crippen LogP contribution >= 0.6 is 15.9 Å². The molecule has 2 N–H and O–H groups in total. The van der Waals surface area contributed by atoms with Crippen molar-refractivity contribution in [2.24, 2.45) is 12.2 Å². The number of primary sulfonamides is 1. The fourth-order valence-electron chi connectivity index (χ4n) is 1.48. The molecule has 8 heteroatoms. The minimum Gasteiger partial charge on any atom is -0.488 e. The molecule has 0 aliphatic rings. The SMILES string of the molecule is Cn1cc(COc2ccc(S(N)(=O)=O)cc2Br)cn1. The van der Waals surface area contributed by atoms with Gasteiger partial charge in [0, 0.05) is 18.8 Å². The summed E-state index contributed by atoms with van der Waals surface area (Å²) in [6.07, 6.45) is 3.54. The molecule has 0 aliphatic carbocycles. The van der Waals surface area contributed by atoms with Gasteiger partial charge in [0.25, 0.3) is 0 Å². The van der Waals surface area contributed by atoms with E-state index in [-0.39, 0.29) is 4.90 Å². The molecule has 0 bridgehead atoms. The molecule has 0 radical (unpaired) electrons. The second kappa shape index (κ2) is 5.32. The zero-order chi connectivity index (χ0) is 14.0. The largest absolute Gasteiger partial charge is 0.488 e. The van der Waals surface area contributed by atoms with Gasteiger partial charge < -0.3 is 4.74 Å². The summed E-state index contributed by atoms with van der Waals surface area (Å²) in [7, 11) is -1.88. The lowest BCUT2D eigenvalue weighted by Gasteiger charge is -2.08. The molecule has 0 unspecified atom stereocenters. The van der Waals surface area contributed by atoms with Gasteiger partial charge in [0.1, 0.15) is 12.4 Å². The summed E-state index contributed by atoms with van der Waals surface area (Å²) in [5.74, 6) is 0.538. The van der Waals surface area contributed by atoms with Gasteiger partial charge in [0.15, 0.2) is 0 Å². The second-order valence-corrected chi connectivity index (χ2v) is 6.36. The van der Waals surface area contributed by atoms with Crippen molar-refractivity contribution < 1.29 is 13.2 Å². The molecule has 6 nitrogen and oxygen atoms in total. The van der Waals surface area contributed by atoms with Crippen molar-refractivity contribution in [1.29, 1.82) is 0 Å². The van der Waals surface area contributed by atoms with Gasteiger partial charge in [-0.2, -0.15) is 5.10 Å². The zero-order valence-electron chi connectivity index (χ0n) is 10.1. The van der Waals surface area contributed by atoms with Crippen molar-refractivity contribution in [3.05, 3.63) is 40.6 Å². The van der Waals surface area contributed by atoms with Gasteiger partial charge in [0.2, 0.25) is 10.0 Å². The van der Waals surface area contributed by atoms with Crippen LogP contribution in [-0.4, -0.2) is 18.2 Å². The summed E-state index contributed by atoms with van der Waals surface area (Å²) in [6, 6.07) is 4.37. The fourth-order valence-corrected chi connectivity index (χ4v) is 2.67. The van der Waals surface area contributed by atoms with E-state index in [0.29, 0.717) is 16.8 Å². The van der Waals surface area contributed by atoms with Crippen molar-refractivity contribution in [3.8, 4) is 5.75 Å². The van der Waals surface area contributed by atoms with E-state index in [1.54, 1.807) is 16.9 Å². The van der Waals surface area contributed by atoms with E-state index >= 15 is 0 Å². The quantitative estimate of drug-likeness (QED) is 0.907. The van der Waals surface area contributed by atoms with Gasteiger partial charge in [-0.3, -0.25) is 4.68 Å². The number of ether oxygens (including phenoxy) is 1. The van der Waals surface area contributed by atoms with Crippen LogP contribution in [0.3, 0.4) is 0 Å². The van der Waals surface area contributed by atoms with Crippen molar-refractivity contribution in [1.82, 2.24) is 9.78 Å². The zero-order valence-corrected chi connectivity index (χ0v) is 12.5. The Balaban J connectivity index is 2.14. The first-order chi connectivity index (χ1) is 8.86. The Morgan fingerprint density at radius 1 is 1.47 bits per heavy atom. The highest BCUT2D eigenvalue weighted by Crippen LogP contribution is 2.28. The minimum absolute atomic E-state index is 0.0353. The monoisotopic (exact) mass is 345 g/mol. The van der Waals surface area contributed by atoms with Gasteiger partial charge in [-0.15, -0.1) is 0 Å². The Kier molecular flexibility index (Phi) is 3.93. The normalized spacial score (nSPS) is 11.5. The number of hydrogen-bond donors (Lipinski definition) is 1. The first kappa shape index (κ1) is 14.0. The van der Waals surface area contributed by atoms with E-state index in [1.807, 2.05) is 13.2 Å². The molecule has 1 heterocycles. The van der Waals surface area contributed by atoms with Gasteiger partial charge >= 0.3 is 0 Å². The average Bonchev–Trinajstić information content (AvgIpc) is 2.72. The Morgan fingerprint density at radius 2 is 2.21 bits per heavy atom. The number of aryl methyl sites for hydroxylation is 1. The van der Waals surface area contributed by atoms with Crippen LogP contribution in [0, 0.1) is 0 Å². The van der Waals surface area contributed by atoms with Crippen molar-refractivity contribution >= 4 is 26.0 Å². The number of nitrogens with zero attached hydrogens (tertiary/aromatic N) is 2. The third kappa shape index (κ3) is 3.55.